The van der Waals surface area contributed by atoms with Crippen LogP contribution in [0, 0.1) is 9.52 Å². The first-order chi connectivity index (χ1) is 24.3. The summed E-state index contributed by atoms with van der Waals surface area (Å²) in [5.74, 6) is -0.901. The molecule has 284 valence electrons. The molecule has 0 saturated carbocycles. The van der Waals surface area contributed by atoms with Gasteiger partial charge in [-0.2, -0.15) is 18.3 Å². The van der Waals surface area contributed by atoms with Crippen LogP contribution in [0.2, 0.25) is 51.4 Å². The third-order valence-corrected chi connectivity index (χ3v) is 12.2. The number of amides is 1. The van der Waals surface area contributed by atoms with Crippen molar-refractivity contribution in [3.05, 3.63) is 68.7 Å². The zero-order valence-electron chi connectivity index (χ0n) is 30.2. The molecule has 3 N–H and O–H groups in total. The van der Waals surface area contributed by atoms with Gasteiger partial charge in [-0.25, -0.2) is 18.9 Å². The fraction of sp³-hybridized carbons (Fsp3) is 0.457. The van der Waals surface area contributed by atoms with Gasteiger partial charge in [0.1, 0.15) is 16.2 Å². The van der Waals surface area contributed by atoms with Crippen molar-refractivity contribution in [3.8, 4) is 17.0 Å². The molecule has 52 heavy (non-hydrogen) atoms. The van der Waals surface area contributed by atoms with Gasteiger partial charge in [0.25, 0.3) is 0 Å². The predicted molar refractivity (Wildman–Crippen MR) is 208 cm³/mol. The largest absolute Gasteiger partial charge is 0.465 e. The van der Waals surface area contributed by atoms with Crippen molar-refractivity contribution in [1.82, 2.24) is 20.1 Å². The highest BCUT2D eigenvalue weighted by atomic mass is 127. The standard InChI is InChI=1S/C35H46F4IN5O5Si2/c1-51(2,3)13-11-48-21-45-29-17-28(26-16-27(36)30(15-25(26)18-35(37,38)39)50-22-49-12-14-52(4,5)6)43-33(31(29)32(40)44-45)41-19-23-9-7-8-10-24(23)20-42-34(46)47/h7-10,15-17,42H,11-14,18-22H2,1-6H3,(H,41,43)(H,46,47). The summed E-state index contributed by atoms with van der Waals surface area (Å²) in [4.78, 5) is 15.9. The van der Waals surface area contributed by atoms with Crippen LogP contribution in [0.15, 0.2) is 42.5 Å². The van der Waals surface area contributed by atoms with E-state index in [-0.39, 0.29) is 49.2 Å². The van der Waals surface area contributed by atoms with Gasteiger partial charge >= 0.3 is 12.3 Å². The third kappa shape index (κ3) is 12.7. The highest BCUT2D eigenvalue weighted by Gasteiger charge is 2.31. The minimum absolute atomic E-state index is 0.0553. The first-order valence-corrected chi connectivity index (χ1v) is 25.3. The number of halogens is 5. The molecule has 2 aromatic heterocycles. The van der Waals surface area contributed by atoms with Gasteiger partial charge < -0.3 is 30.0 Å². The van der Waals surface area contributed by atoms with E-state index in [1.165, 1.54) is 0 Å². The van der Waals surface area contributed by atoms with Crippen molar-refractivity contribution in [3.63, 3.8) is 0 Å². The average Bonchev–Trinajstić information content (AvgIpc) is 3.35. The molecule has 4 rings (SSSR count). The van der Waals surface area contributed by atoms with Crippen LogP contribution in [0.3, 0.4) is 0 Å². The molecule has 2 heterocycles. The van der Waals surface area contributed by atoms with Crippen molar-refractivity contribution in [2.24, 2.45) is 0 Å². The van der Waals surface area contributed by atoms with E-state index >= 15 is 4.39 Å². The van der Waals surface area contributed by atoms with Crippen LogP contribution >= 0.6 is 22.6 Å². The number of rotatable bonds is 18. The van der Waals surface area contributed by atoms with E-state index in [1.807, 2.05) is 12.1 Å². The van der Waals surface area contributed by atoms with Gasteiger partial charge in [0.05, 0.1) is 23.0 Å². The second-order valence-corrected chi connectivity index (χ2v) is 27.1. The molecule has 10 nitrogen and oxygen atoms in total. The van der Waals surface area contributed by atoms with Gasteiger partial charge in [0.2, 0.25) is 0 Å². The first-order valence-electron chi connectivity index (χ1n) is 16.8. The van der Waals surface area contributed by atoms with Crippen LogP contribution in [0.4, 0.5) is 28.2 Å². The van der Waals surface area contributed by atoms with Crippen LogP contribution in [0.25, 0.3) is 22.2 Å². The van der Waals surface area contributed by atoms with Crippen LogP contribution in [-0.4, -0.2) is 68.3 Å². The molecule has 0 aliphatic carbocycles. The summed E-state index contributed by atoms with van der Waals surface area (Å²) in [5.41, 5.74) is 1.83. The number of hydrogen-bond acceptors (Lipinski definition) is 7. The second kappa shape index (κ2) is 17.7. The monoisotopic (exact) mass is 875 g/mol. The average molecular weight is 876 g/mol. The number of benzene rings is 2. The van der Waals surface area contributed by atoms with Crippen LogP contribution in [0.5, 0.6) is 5.75 Å². The number of fused-ring (bicyclic) bond motifs is 1. The summed E-state index contributed by atoms with van der Waals surface area (Å²) in [6, 6.07) is 12.7. The van der Waals surface area contributed by atoms with E-state index in [0.29, 0.717) is 33.6 Å². The lowest BCUT2D eigenvalue weighted by atomic mass is 9.99. The summed E-state index contributed by atoms with van der Waals surface area (Å²) in [7, 11) is -2.77. The summed E-state index contributed by atoms with van der Waals surface area (Å²) in [5, 5.41) is 20.1. The fourth-order valence-corrected chi connectivity index (χ4v) is 7.45. The van der Waals surface area contributed by atoms with Crippen LogP contribution < -0.4 is 15.4 Å². The highest BCUT2D eigenvalue weighted by Crippen LogP contribution is 2.37. The van der Waals surface area contributed by atoms with E-state index in [2.05, 4.69) is 77.6 Å². The summed E-state index contributed by atoms with van der Waals surface area (Å²) >= 11 is 2.07. The molecule has 0 aliphatic rings. The number of pyridine rings is 1. The molecule has 17 heteroatoms. The summed E-state index contributed by atoms with van der Waals surface area (Å²) in [6.45, 7) is 14.2. The Hall–Kier alpha value is -3.27. The number of carboxylic acid groups (broad SMARTS) is 1. The number of alkyl halides is 3. The molecule has 4 aromatic rings. The summed E-state index contributed by atoms with van der Waals surface area (Å²) < 4.78 is 76.8. The lowest BCUT2D eigenvalue weighted by molar-refractivity contribution is -0.127. The number of nitrogens with zero attached hydrogens (tertiary/aromatic N) is 3. The molecule has 0 atom stereocenters. The van der Waals surface area contributed by atoms with Gasteiger partial charge in [-0.3, -0.25) is 0 Å². The molecule has 0 spiro atoms. The Morgan fingerprint density at radius 2 is 1.58 bits per heavy atom. The Morgan fingerprint density at radius 3 is 2.19 bits per heavy atom. The Bertz CT molecular complexity index is 1850. The number of ether oxygens (including phenoxy) is 3. The van der Waals surface area contributed by atoms with E-state index in [4.69, 9.17) is 24.3 Å². The zero-order chi connectivity index (χ0) is 38.3. The van der Waals surface area contributed by atoms with Crippen LogP contribution in [0.1, 0.15) is 16.7 Å². The van der Waals surface area contributed by atoms with Gasteiger partial charge in [0, 0.05) is 48.0 Å². The molecule has 0 aliphatic heterocycles. The Labute approximate surface area is 316 Å². The molecular weight excluding hydrogens is 829 g/mol. The molecular formula is C35H46F4IN5O5Si2. The van der Waals surface area contributed by atoms with Gasteiger partial charge in [-0.05, 0) is 69.6 Å². The number of anilines is 1. The van der Waals surface area contributed by atoms with Gasteiger partial charge in [-0.1, -0.05) is 63.5 Å². The zero-order valence-corrected chi connectivity index (χ0v) is 34.4. The van der Waals surface area contributed by atoms with Crippen molar-refractivity contribution in [2.75, 3.05) is 25.3 Å². The number of aromatic nitrogens is 3. The van der Waals surface area contributed by atoms with Crippen LogP contribution in [-0.2, 0) is 35.7 Å². The molecule has 0 fully saturated rings. The van der Waals surface area contributed by atoms with Crippen molar-refractivity contribution in [2.45, 2.75) is 83.8 Å². The second-order valence-electron chi connectivity index (χ2n) is 14.9. The quantitative estimate of drug-likeness (QED) is 0.0298. The molecule has 0 saturated heterocycles. The van der Waals surface area contributed by atoms with Gasteiger partial charge in [-0.15, -0.1) is 0 Å². The molecule has 1 amide bonds. The van der Waals surface area contributed by atoms with Crippen molar-refractivity contribution < 1.29 is 41.7 Å². The number of nitrogens with one attached hydrogen (secondary N) is 2. The minimum atomic E-state index is -4.61. The smallest absolute Gasteiger partial charge is 0.404 e. The number of carbonyl (C=O) groups is 1. The lowest BCUT2D eigenvalue weighted by Gasteiger charge is -2.18. The number of hydrogen-bond donors (Lipinski definition) is 3. The normalized spacial score (nSPS) is 12.4. The SMILES string of the molecule is C[Si](C)(C)CCOCOc1cc(CC(F)(F)F)c(-c2cc3c(c(I)nn3COCC[Si](C)(C)C)c(NCc3ccccc3CNC(=O)O)n2)cc1F. The molecule has 0 unspecified atom stereocenters. The lowest BCUT2D eigenvalue weighted by Crippen LogP contribution is -2.22. The maximum atomic E-state index is 15.6. The van der Waals surface area contributed by atoms with E-state index in [1.54, 1.807) is 22.9 Å². The van der Waals surface area contributed by atoms with Crippen molar-refractivity contribution in [1.29, 1.82) is 0 Å². The van der Waals surface area contributed by atoms with E-state index < -0.39 is 40.7 Å². The topological polar surface area (TPSA) is 120 Å². The maximum absolute atomic E-state index is 15.6. The highest BCUT2D eigenvalue weighted by molar-refractivity contribution is 14.1. The van der Waals surface area contributed by atoms with E-state index in [9.17, 15) is 18.0 Å². The fourth-order valence-electron chi connectivity index (χ4n) is 5.14. The van der Waals surface area contributed by atoms with E-state index in [0.717, 1.165) is 35.3 Å². The van der Waals surface area contributed by atoms with Crippen molar-refractivity contribution >= 4 is 61.6 Å². The predicted octanol–water partition coefficient (Wildman–Crippen LogP) is 9.33. The first kappa shape index (κ1) is 41.5. The molecule has 0 bridgehead atoms. The Morgan fingerprint density at radius 1 is 0.942 bits per heavy atom. The third-order valence-electron chi connectivity index (χ3n) is 8.01. The maximum Gasteiger partial charge on any atom is 0.404 e. The Balaban J connectivity index is 1.77. The molecule has 0 radical (unpaired) electrons. The van der Waals surface area contributed by atoms with Gasteiger partial charge in [0.15, 0.2) is 18.4 Å². The minimum Gasteiger partial charge on any atom is -0.465 e. The Kier molecular flexibility index (Phi) is 14.1. The molecule has 2 aromatic carbocycles. The summed E-state index contributed by atoms with van der Waals surface area (Å²) in [6.07, 6.45) is -7.13.